The van der Waals surface area contributed by atoms with Gasteiger partial charge in [0.05, 0.1) is 0 Å². The molecule has 1 saturated heterocycles. The minimum absolute atomic E-state index is 0.0203. The average molecular weight is 422 g/mol. The zero-order valence-electron chi connectivity index (χ0n) is 16.8. The lowest BCUT2D eigenvalue weighted by Gasteiger charge is -2.35. The molecule has 1 N–H and O–H groups in total. The van der Waals surface area contributed by atoms with E-state index in [1.807, 2.05) is 13.8 Å². The number of benzene rings is 1. The molecular weight excluding hydrogens is 394 g/mol. The maximum Gasteiger partial charge on any atom is 0.329 e. The van der Waals surface area contributed by atoms with Crippen LogP contribution in [0.2, 0.25) is 0 Å². The van der Waals surface area contributed by atoms with E-state index in [0.717, 1.165) is 25.7 Å². The van der Waals surface area contributed by atoms with Crippen LogP contribution in [-0.2, 0) is 24.3 Å². The van der Waals surface area contributed by atoms with Crippen LogP contribution in [0, 0.1) is 0 Å². The Balaban J connectivity index is 1.71. The smallest absolute Gasteiger partial charge is 0.329 e. The lowest BCUT2D eigenvalue weighted by Crippen LogP contribution is -2.49. The summed E-state index contributed by atoms with van der Waals surface area (Å²) in [4.78, 5) is 26.6. The number of nitrogens with one attached hydrogen (secondary N) is 1. The van der Waals surface area contributed by atoms with Crippen molar-refractivity contribution in [3.05, 3.63) is 29.8 Å². The molecule has 2 atom stereocenters. The van der Waals surface area contributed by atoms with Crippen molar-refractivity contribution in [2.45, 2.75) is 62.9 Å². The molecule has 2 heterocycles. The quantitative estimate of drug-likeness (QED) is 0.703. The predicted octanol–water partition coefficient (Wildman–Crippen LogP) is 1.84. The highest BCUT2D eigenvalue weighted by Gasteiger charge is 2.38. The van der Waals surface area contributed by atoms with Crippen LogP contribution in [0.3, 0.4) is 0 Å². The minimum Gasteiger partial charge on any atom is -0.454 e. The lowest BCUT2D eigenvalue weighted by atomic mass is 10.0. The van der Waals surface area contributed by atoms with Crippen LogP contribution in [-0.4, -0.2) is 56.3 Å². The second-order valence-corrected chi connectivity index (χ2v) is 9.03. The van der Waals surface area contributed by atoms with Gasteiger partial charge >= 0.3 is 5.97 Å². The van der Waals surface area contributed by atoms with Gasteiger partial charge in [-0.1, -0.05) is 25.5 Å². The van der Waals surface area contributed by atoms with Gasteiger partial charge in [0.2, 0.25) is 0 Å². The number of carbonyl (C=O) groups is 2. The van der Waals surface area contributed by atoms with Crippen molar-refractivity contribution in [3.63, 3.8) is 0 Å². The molecule has 9 heteroatoms. The average Bonchev–Trinajstić information content (AvgIpc) is 2.97. The normalized spacial score (nSPS) is 21.1. The van der Waals surface area contributed by atoms with Gasteiger partial charge in [-0.25, -0.2) is 4.79 Å². The first kappa shape index (κ1) is 21.3. The Hall–Kier alpha value is -2.42. The van der Waals surface area contributed by atoms with Crippen LogP contribution in [0.1, 0.15) is 51.5 Å². The Morgan fingerprint density at radius 3 is 2.83 bits per heavy atom. The Morgan fingerprint density at radius 1 is 1.31 bits per heavy atom. The van der Waals surface area contributed by atoms with Gasteiger partial charge in [-0.2, -0.15) is 8.42 Å². The molecule has 0 spiro atoms. The third-order valence-electron chi connectivity index (χ3n) is 5.13. The first-order valence-electron chi connectivity index (χ1n) is 10.0. The summed E-state index contributed by atoms with van der Waals surface area (Å²) in [6.45, 7) is 4.09. The van der Waals surface area contributed by atoms with E-state index in [2.05, 4.69) is 9.71 Å². The molecule has 1 aromatic rings. The van der Waals surface area contributed by atoms with Gasteiger partial charge in [0.1, 0.15) is 10.9 Å². The predicted molar refractivity (Wildman–Crippen MR) is 108 cm³/mol. The summed E-state index contributed by atoms with van der Waals surface area (Å²) in [6, 6.07) is 5.96. The van der Waals surface area contributed by atoms with Crippen molar-refractivity contribution in [2.75, 3.05) is 13.2 Å². The van der Waals surface area contributed by atoms with Gasteiger partial charge in [0, 0.05) is 18.2 Å². The number of likely N-dealkylation sites (tertiary alicyclic amines) is 1. The molecule has 1 amide bonds. The van der Waals surface area contributed by atoms with Crippen LogP contribution < -0.4 is 5.32 Å². The second-order valence-electron chi connectivity index (χ2n) is 7.46. The summed E-state index contributed by atoms with van der Waals surface area (Å²) >= 11 is 0. The van der Waals surface area contributed by atoms with Gasteiger partial charge in [-0.05, 0) is 44.7 Å². The van der Waals surface area contributed by atoms with Crippen LogP contribution in [0.15, 0.2) is 33.6 Å². The first-order chi connectivity index (χ1) is 13.8. The number of ether oxygens (including phenoxy) is 1. The SMILES string of the molecule is CCC[C@@H](C)NC(=O)COC(=O)[C@@H]1CCCCN1C1=NS(=O)(=O)c2ccccc21. The fourth-order valence-electron chi connectivity index (χ4n) is 3.78. The molecule has 0 unspecified atom stereocenters. The maximum atomic E-state index is 12.7. The maximum absolute atomic E-state index is 12.7. The fraction of sp³-hybridized carbons (Fsp3) is 0.550. The van der Waals surface area contributed by atoms with Crippen molar-refractivity contribution in [3.8, 4) is 0 Å². The fourth-order valence-corrected chi connectivity index (χ4v) is 5.00. The van der Waals surface area contributed by atoms with Crippen LogP contribution in [0.25, 0.3) is 0 Å². The van der Waals surface area contributed by atoms with Gasteiger partial charge in [0.25, 0.3) is 15.9 Å². The van der Waals surface area contributed by atoms with Crippen LogP contribution in [0.4, 0.5) is 0 Å². The molecule has 1 aromatic carbocycles. The molecule has 3 rings (SSSR count). The van der Waals surface area contributed by atoms with Crippen LogP contribution in [0.5, 0.6) is 0 Å². The molecule has 158 valence electrons. The largest absolute Gasteiger partial charge is 0.454 e. The number of nitrogens with zero attached hydrogens (tertiary/aromatic N) is 2. The molecule has 1 fully saturated rings. The van der Waals surface area contributed by atoms with Crippen molar-refractivity contribution >= 4 is 27.7 Å². The number of amides is 1. The van der Waals surface area contributed by atoms with E-state index >= 15 is 0 Å². The summed E-state index contributed by atoms with van der Waals surface area (Å²) in [5.74, 6) is -0.594. The van der Waals surface area contributed by atoms with E-state index in [0.29, 0.717) is 18.5 Å². The highest BCUT2D eigenvalue weighted by molar-refractivity contribution is 7.90. The number of carbonyl (C=O) groups excluding carboxylic acids is 2. The molecule has 0 saturated carbocycles. The van der Waals surface area contributed by atoms with E-state index in [1.54, 1.807) is 23.1 Å². The topological polar surface area (TPSA) is 105 Å². The first-order valence-corrected chi connectivity index (χ1v) is 11.4. The zero-order valence-corrected chi connectivity index (χ0v) is 17.6. The van der Waals surface area contributed by atoms with Gasteiger partial charge < -0.3 is 15.0 Å². The summed E-state index contributed by atoms with van der Waals surface area (Å²) in [5, 5.41) is 2.80. The van der Waals surface area contributed by atoms with Gasteiger partial charge in [0.15, 0.2) is 12.4 Å². The third-order valence-corrected chi connectivity index (χ3v) is 6.46. The number of rotatable bonds is 6. The Bertz CT molecular complexity index is 912. The number of sulfonamides is 1. The van der Waals surface area contributed by atoms with Crippen molar-refractivity contribution in [2.24, 2.45) is 4.40 Å². The minimum atomic E-state index is -3.77. The van der Waals surface area contributed by atoms with Crippen molar-refractivity contribution in [1.29, 1.82) is 0 Å². The monoisotopic (exact) mass is 421 g/mol. The molecule has 0 radical (unpaired) electrons. The van der Waals surface area contributed by atoms with E-state index in [4.69, 9.17) is 4.74 Å². The van der Waals surface area contributed by atoms with Gasteiger partial charge in [-0.15, -0.1) is 4.40 Å². The number of fused-ring (bicyclic) bond motifs is 1. The zero-order chi connectivity index (χ0) is 21.0. The number of amidine groups is 1. The molecule has 29 heavy (non-hydrogen) atoms. The van der Waals surface area contributed by atoms with E-state index < -0.39 is 22.0 Å². The molecule has 0 bridgehead atoms. The number of piperidine rings is 1. The van der Waals surface area contributed by atoms with Crippen molar-refractivity contribution < 1.29 is 22.7 Å². The van der Waals surface area contributed by atoms with Crippen molar-refractivity contribution in [1.82, 2.24) is 10.2 Å². The van der Waals surface area contributed by atoms with Gasteiger partial charge in [-0.3, -0.25) is 4.79 Å². The molecule has 0 aliphatic carbocycles. The highest BCUT2D eigenvalue weighted by Crippen LogP contribution is 2.30. The number of hydrogen-bond donors (Lipinski definition) is 1. The molecule has 8 nitrogen and oxygen atoms in total. The summed E-state index contributed by atoms with van der Waals surface area (Å²) in [5.41, 5.74) is 0.498. The highest BCUT2D eigenvalue weighted by atomic mass is 32.2. The third kappa shape index (κ3) is 4.77. The van der Waals surface area contributed by atoms with E-state index in [-0.39, 0.29) is 29.3 Å². The molecule has 0 aromatic heterocycles. The number of esters is 1. The Morgan fingerprint density at radius 2 is 2.07 bits per heavy atom. The second kappa shape index (κ2) is 8.94. The molecule has 2 aliphatic heterocycles. The standard InChI is InChI=1S/C20H27N3O5S/c1-3-8-14(2)21-18(24)13-28-20(25)16-10-6-7-12-23(16)19-15-9-4-5-11-17(15)29(26,27)22-19/h4-5,9,11,14,16H,3,6-8,10,12-13H2,1-2H3,(H,21,24)/t14-,16+/m1/s1. The van der Waals surface area contributed by atoms with E-state index in [9.17, 15) is 18.0 Å². The lowest BCUT2D eigenvalue weighted by molar-refractivity contribution is -0.153. The van der Waals surface area contributed by atoms with E-state index in [1.165, 1.54) is 6.07 Å². The molecule has 2 aliphatic rings. The summed E-state index contributed by atoms with van der Waals surface area (Å²) < 4.78 is 33.9. The number of hydrogen-bond acceptors (Lipinski definition) is 6. The summed E-state index contributed by atoms with van der Waals surface area (Å²) in [6.07, 6.45) is 3.96. The Kier molecular flexibility index (Phi) is 6.56. The van der Waals surface area contributed by atoms with Crippen LogP contribution >= 0.6 is 0 Å². The summed E-state index contributed by atoms with van der Waals surface area (Å²) in [7, 11) is -3.77. The molecular formula is C20H27N3O5S. The Labute approximate surface area is 171 Å².